The van der Waals surface area contributed by atoms with Crippen LogP contribution in [0.4, 0.5) is 0 Å². The van der Waals surface area contributed by atoms with Crippen LogP contribution in [0, 0.1) is 5.92 Å². The zero-order valence-corrected chi connectivity index (χ0v) is 14.8. The Bertz CT molecular complexity index is 938. The number of aryl methyl sites for hydroxylation is 1. The molecule has 0 bridgehead atoms. The van der Waals surface area contributed by atoms with E-state index in [2.05, 4.69) is 25.4 Å². The lowest BCUT2D eigenvalue weighted by atomic mass is 10.0. The summed E-state index contributed by atoms with van der Waals surface area (Å²) in [6.07, 6.45) is 4.56. The number of amides is 1. The van der Waals surface area contributed by atoms with Crippen LogP contribution in [0.1, 0.15) is 36.1 Å². The first-order valence-corrected chi connectivity index (χ1v) is 8.25. The fourth-order valence-corrected chi connectivity index (χ4v) is 2.65. The van der Waals surface area contributed by atoms with Gasteiger partial charge in [-0.15, -0.1) is 0 Å². The Morgan fingerprint density at radius 3 is 2.42 bits per heavy atom. The van der Waals surface area contributed by atoms with Crippen LogP contribution < -0.4 is 11.0 Å². The minimum absolute atomic E-state index is 0.161. The van der Waals surface area contributed by atoms with Gasteiger partial charge in [0.2, 0.25) is 0 Å². The maximum Gasteiger partial charge on any atom is 0.344 e. The van der Waals surface area contributed by atoms with Gasteiger partial charge in [0.15, 0.2) is 0 Å². The molecule has 2 aromatic heterocycles. The van der Waals surface area contributed by atoms with Gasteiger partial charge in [0.05, 0.1) is 6.04 Å². The van der Waals surface area contributed by atoms with Gasteiger partial charge in [-0.3, -0.25) is 9.48 Å². The van der Waals surface area contributed by atoms with Gasteiger partial charge in [0.1, 0.15) is 12.2 Å². The number of benzene rings is 1. The van der Waals surface area contributed by atoms with Gasteiger partial charge >= 0.3 is 5.69 Å². The van der Waals surface area contributed by atoms with Crippen LogP contribution in [0.3, 0.4) is 0 Å². The highest BCUT2D eigenvalue weighted by Crippen LogP contribution is 2.21. The number of carbonyl (C=O) groups excluding carboxylic acids is 1. The zero-order chi connectivity index (χ0) is 18.7. The minimum Gasteiger partial charge on any atom is -0.342 e. The van der Waals surface area contributed by atoms with Crippen LogP contribution >= 0.6 is 0 Å². The second kappa shape index (κ2) is 7.30. The van der Waals surface area contributed by atoms with Crippen molar-refractivity contribution in [3.8, 4) is 11.1 Å². The number of H-pyrrole nitrogens is 1. The fourth-order valence-electron chi connectivity index (χ4n) is 2.65. The SMILES string of the molecule is CC(C)[C@@H](NC(=O)c1ccc(-c2cnc(=O)[nH]c2)cc1)c1ncnn1C. The van der Waals surface area contributed by atoms with Crippen LogP contribution in [0.5, 0.6) is 0 Å². The van der Waals surface area contributed by atoms with E-state index in [1.807, 2.05) is 26.0 Å². The average molecular weight is 352 g/mol. The lowest BCUT2D eigenvalue weighted by Gasteiger charge is -2.21. The van der Waals surface area contributed by atoms with Gasteiger partial charge in [-0.05, 0) is 23.6 Å². The Morgan fingerprint density at radius 1 is 1.15 bits per heavy atom. The summed E-state index contributed by atoms with van der Waals surface area (Å²) in [5.74, 6) is 0.690. The van der Waals surface area contributed by atoms with Crippen molar-refractivity contribution < 1.29 is 4.79 Å². The molecule has 0 aliphatic rings. The van der Waals surface area contributed by atoms with Crippen LogP contribution in [-0.4, -0.2) is 30.6 Å². The smallest absolute Gasteiger partial charge is 0.342 e. The van der Waals surface area contributed by atoms with Crippen LogP contribution in [0.15, 0.2) is 47.8 Å². The predicted octanol–water partition coefficient (Wildman–Crippen LogP) is 1.69. The predicted molar refractivity (Wildman–Crippen MR) is 96.3 cm³/mol. The maximum atomic E-state index is 12.6. The topological polar surface area (TPSA) is 106 Å². The molecule has 134 valence electrons. The van der Waals surface area contributed by atoms with Gasteiger partial charge in [0, 0.05) is 30.6 Å². The molecule has 0 fully saturated rings. The third-order valence-electron chi connectivity index (χ3n) is 4.13. The molecule has 8 heteroatoms. The normalized spacial score (nSPS) is 12.2. The third kappa shape index (κ3) is 3.69. The van der Waals surface area contributed by atoms with E-state index in [0.29, 0.717) is 11.4 Å². The molecule has 2 N–H and O–H groups in total. The van der Waals surface area contributed by atoms with Gasteiger partial charge in [0.25, 0.3) is 5.91 Å². The molecule has 3 rings (SSSR count). The monoisotopic (exact) mass is 352 g/mol. The molecule has 0 unspecified atom stereocenters. The van der Waals surface area contributed by atoms with Crippen LogP contribution in [0.2, 0.25) is 0 Å². The lowest BCUT2D eigenvalue weighted by molar-refractivity contribution is 0.0922. The Hall–Kier alpha value is -3.29. The highest BCUT2D eigenvalue weighted by molar-refractivity contribution is 5.94. The molecule has 0 saturated carbocycles. The van der Waals surface area contributed by atoms with E-state index in [9.17, 15) is 9.59 Å². The van der Waals surface area contributed by atoms with Crippen molar-refractivity contribution in [2.75, 3.05) is 0 Å². The Labute approximate surface area is 150 Å². The molecule has 1 atom stereocenters. The summed E-state index contributed by atoms with van der Waals surface area (Å²) in [6, 6.07) is 6.87. The van der Waals surface area contributed by atoms with Crippen molar-refractivity contribution in [2.45, 2.75) is 19.9 Å². The van der Waals surface area contributed by atoms with Gasteiger partial charge < -0.3 is 10.3 Å². The van der Waals surface area contributed by atoms with E-state index in [1.54, 1.807) is 30.1 Å². The average Bonchev–Trinajstić information content (AvgIpc) is 3.05. The first kappa shape index (κ1) is 17.5. The van der Waals surface area contributed by atoms with Crippen LogP contribution in [-0.2, 0) is 7.05 Å². The highest BCUT2D eigenvalue weighted by Gasteiger charge is 2.23. The molecule has 26 heavy (non-hydrogen) atoms. The van der Waals surface area contributed by atoms with E-state index >= 15 is 0 Å². The summed E-state index contributed by atoms with van der Waals surface area (Å²) in [5, 5.41) is 7.09. The summed E-state index contributed by atoms with van der Waals surface area (Å²) in [7, 11) is 1.80. The molecule has 0 aliphatic heterocycles. The van der Waals surface area contributed by atoms with Crippen LogP contribution in [0.25, 0.3) is 11.1 Å². The van der Waals surface area contributed by atoms with E-state index in [1.165, 1.54) is 12.5 Å². The fraction of sp³-hybridized carbons (Fsp3) is 0.278. The molecule has 0 saturated heterocycles. The molecular weight excluding hydrogens is 332 g/mol. The third-order valence-corrected chi connectivity index (χ3v) is 4.13. The van der Waals surface area contributed by atoms with Crippen molar-refractivity contribution in [2.24, 2.45) is 13.0 Å². The van der Waals surface area contributed by atoms with E-state index < -0.39 is 5.69 Å². The summed E-state index contributed by atoms with van der Waals surface area (Å²) in [6.45, 7) is 4.04. The van der Waals surface area contributed by atoms with Crippen molar-refractivity contribution in [3.63, 3.8) is 0 Å². The lowest BCUT2D eigenvalue weighted by Crippen LogP contribution is -2.33. The first-order chi connectivity index (χ1) is 12.5. The number of aromatic nitrogens is 5. The Kier molecular flexibility index (Phi) is 4.92. The van der Waals surface area contributed by atoms with Gasteiger partial charge in [-0.2, -0.15) is 5.10 Å². The number of aromatic amines is 1. The molecule has 2 heterocycles. The van der Waals surface area contributed by atoms with Gasteiger partial charge in [-0.25, -0.2) is 14.8 Å². The highest BCUT2D eigenvalue weighted by atomic mass is 16.2. The van der Waals surface area contributed by atoms with Crippen molar-refractivity contribution in [3.05, 3.63) is 64.9 Å². The van der Waals surface area contributed by atoms with E-state index in [-0.39, 0.29) is 17.9 Å². The molecule has 0 spiro atoms. The van der Waals surface area contributed by atoms with Crippen molar-refractivity contribution >= 4 is 5.91 Å². The molecule has 3 aromatic rings. The number of nitrogens with zero attached hydrogens (tertiary/aromatic N) is 4. The summed E-state index contributed by atoms with van der Waals surface area (Å²) < 4.78 is 1.66. The summed E-state index contributed by atoms with van der Waals surface area (Å²) in [4.78, 5) is 34.2. The molecule has 1 amide bonds. The Morgan fingerprint density at radius 2 is 1.88 bits per heavy atom. The minimum atomic E-state index is -0.395. The van der Waals surface area contributed by atoms with Crippen molar-refractivity contribution in [1.82, 2.24) is 30.0 Å². The number of nitrogens with one attached hydrogen (secondary N) is 2. The molecule has 0 aliphatic carbocycles. The molecule has 1 aromatic carbocycles. The Balaban J connectivity index is 1.78. The standard InChI is InChI=1S/C18H20N6O2/c1-11(2)15(16-21-10-22-24(16)3)23-17(25)13-6-4-12(5-7-13)14-8-19-18(26)20-9-14/h4-11,15H,1-3H3,(H,23,25)(H,19,20,26)/t15-/m1/s1. The van der Waals surface area contributed by atoms with Gasteiger partial charge in [-0.1, -0.05) is 26.0 Å². The zero-order valence-electron chi connectivity index (χ0n) is 14.8. The first-order valence-electron chi connectivity index (χ1n) is 8.25. The van der Waals surface area contributed by atoms with Crippen molar-refractivity contribution in [1.29, 1.82) is 0 Å². The quantitative estimate of drug-likeness (QED) is 0.727. The number of hydrogen-bond acceptors (Lipinski definition) is 5. The van der Waals surface area contributed by atoms with E-state index in [0.717, 1.165) is 11.1 Å². The molecular formula is C18H20N6O2. The number of hydrogen-bond donors (Lipinski definition) is 2. The molecule has 8 nitrogen and oxygen atoms in total. The largest absolute Gasteiger partial charge is 0.344 e. The second-order valence-electron chi connectivity index (χ2n) is 6.32. The van der Waals surface area contributed by atoms with E-state index in [4.69, 9.17) is 0 Å². The summed E-state index contributed by atoms with van der Waals surface area (Å²) in [5.41, 5.74) is 1.78. The number of rotatable bonds is 5. The molecule has 0 radical (unpaired) electrons. The second-order valence-corrected chi connectivity index (χ2v) is 6.32. The number of carbonyl (C=O) groups is 1. The maximum absolute atomic E-state index is 12.6. The summed E-state index contributed by atoms with van der Waals surface area (Å²) >= 11 is 0.